The normalized spacial score (nSPS) is 12.4. The van der Waals surface area contributed by atoms with Crippen molar-refractivity contribution in [2.75, 3.05) is 0 Å². The van der Waals surface area contributed by atoms with Crippen LogP contribution in [0.15, 0.2) is 18.2 Å². The maximum absolute atomic E-state index is 11.0. The predicted molar refractivity (Wildman–Crippen MR) is 48.1 cm³/mol. The molecule has 0 saturated heterocycles. The second-order valence-corrected chi connectivity index (χ2v) is 2.92. The highest BCUT2D eigenvalue weighted by Crippen LogP contribution is 2.27. The molecule has 0 heterocycles. The molecule has 0 fully saturated rings. The van der Waals surface area contributed by atoms with Gasteiger partial charge in [0.1, 0.15) is 6.04 Å². The number of hydroxylamine groups is 1. The van der Waals surface area contributed by atoms with Gasteiger partial charge in [0.15, 0.2) is 17.3 Å². The van der Waals surface area contributed by atoms with Gasteiger partial charge >= 0.3 is 0 Å². The number of hydrogen-bond acceptors (Lipinski definition) is 5. The zero-order chi connectivity index (χ0) is 10.7. The zero-order valence-corrected chi connectivity index (χ0v) is 7.56. The summed E-state index contributed by atoms with van der Waals surface area (Å²) in [6, 6.07) is 3.01. The largest absolute Gasteiger partial charge is 0.504 e. The lowest BCUT2D eigenvalue weighted by atomic mass is 10.0. The average molecular weight is 197 g/mol. The molecule has 0 aliphatic carbocycles. The van der Waals surface area contributed by atoms with Gasteiger partial charge in [-0.05, 0) is 24.6 Å². The van der Waals surface area contributed by atoms with Crippen LogP contribution in [0.2, 0.25) is 0 Å². The van der Waals surface area contributed by atoms with E-state index in [1.165, 1.54) is 25.1 Å². The van der Waals surface area contributed by atoms with Crippen molar-refractivity contribution in [3.8, 4) is 11.5 Å². The van der Waals surface area contributed by atoms with E-state index < -0.39 is 6.04 Å². The molecule has 5 heteroatoms. The minimum atomic E-state index is -0.888. The van der Waals surface area contributed by atoms with Crippen molar-refractivity contribution in [3.63, 3.8) is 0 Å². The third-order valence-electron chi connectivity index (χ3n) is 1.87. The van der Waals surface area contributed by atoms with Crippen LogP contribution >= 0.6 is 0 Å². The van der Waals surface area contributed by atoms with Crippen LogP contribution in [0.3, 0.4) is 0 Å². The van der Waals surface area contributed by atoms with E-state index >= 15 is 0 Å². The van der Waals surface area contributed by atoms with E-state index in [4.69, 9.17) is 15.4 Å². The lowest BCUT2D eigenvalue weighted by Crippen LogP contribution is -2.23. The molecule has 0 amide bonds. The Kier molecular flexibility index (Phi) is 3.06. The monoisotopic (exact) mass is 197 g/mol. The van der Waals surface area contributed by atoms with Gasteiger partial charge in [-0.25, -0.2) is 0 Å². The number of benzene rings is 1. The molecule has 0 saturated carbocycles. The molecular formula is C9H11NO4. The Hall–Kier alpha value is -1.59. The summed E-state index contributed by atoms with van der Waals surface area (Å²) in [4.78, 5) is 11.0. The van der Waals surface area contributed by atoms with E-state index in [2.05, 4.69) is 0 Å². The Balaban J connectivity index is 3.06. The number of carbonyl (C=O) groups excluding carboxylic acids is 1. The summed E-state index contributed by atoms with van der Waals surface area (Å²) in [6.45, 7) is 1.30. The van der Waals surface area contributed by atoms with E-state index in [9.17, 15) is 4.79 Å². The third-order valence-corrected chi connectivity index (χ3v) is 1.87. The lowest BCUT2D eigenvalue weighted by Gasteiger charge is -2.12. The van der Waals surface area contributed by atoms with Crippen molar-refractivity contribution in [2.24, 2.45) is 0 Å². The van der Waals surface area contributed by atoms with Crippen LogP contribution in [0.5, 0.6) is 11.5 Å². The summed E-state index contributed by atoms with van der Waals surface area (Å²) in [7, 11) is 0. The lowest BCUT2D eigenvalue weighted by molar-refractivity contribution is -0.121. The highest BCUT2D eigenvalue weighted by molar-refractivity contribution is 5.82. The second kappa shape index (κ2) is 4.08. The third kappa shape index (κ3) is 2.01. The van der Waals surface area contributed by atoms with Gasteiger partial charge in [0.05, 0.1) is 0 Å². The summed E-state index contributed by atoms with van der Waals surface area (Å²) in [5.74, 6) is -0.893. The van der Waals surface area contributed by atoms with Crippen molar-refractivity contribution >= 4 is 5.78 Å². The molecule has 5 nitrogen and oxygen atoms in total. The maximum Gasteiger partial charge on any atom is 0.157 e. The van der Waals surface area contributed by atoms with E-state index in [1.54, 1.807) is 0 Å². The predicted octanol–water partition coefficient (Wildman–Crippen LogP) is 0.707. The molecule has 76 valence electrons. The van der Waals surface area contributed by atoms with Crippen LogP contribution in [0.1, 0.15) is 18.5 Å². The molecule has 0 spiro atoms. The molecule has 0 aromatic heterocycles. The van der Waals surface area contributed by atoms with Gasteiger partial charge in [0.25, 0.3) is 0 Å². The molecule has 14 heavy (non-hydrogen) atoms. The van der Waals surface area contributed by atoms with Gasteiger partial charge < -0.3 is 15.4 Å². The SMILES string of the molecule is CC(=O)C(NO)c1ccc(O)c(O)c1. The van der Waals surface area contributed by atoms with Gasteiger partial charge in [-0.3, -0.25) is 4.79 Å². The van der Waals surface area contributed by atoms with Crippen molar-refractivity contribution in [1.82, 2.24) is 5.48 Å². The van der Waals surface area contributed by atoms with Gasteiger partial charge in [-0.2, -0.15) is 5.48 Å². The number of ketones is 1. The molecule has 1 aromatic rings. The Bertz CT molecular complexity index is 351. The zero-order valence-electron chi connectivity index (χ0n) is 7.56. The van der Waals surface area contributed by atoms with Crippen LogP contribution in [0.4, 0.5) is 0 Å². The number of Topliss-reactive ketones (excluding diaryl/α,β-unsaturated/α-hetero) is 1. The number of carbonyl (C=O) groups is 1. The van der Waals surface area contributed by atoms with E-state index in [1.807, 2.05) is 5.48 Å². The van der Waals surface area contributed by atoms with Crippen LogP contribution in [0.25, 0.3) is 0 Å². The first kappa shape index (κ1) is 10.5. The number of phenols is 2. The standard InChI is InChI=1S/C9H11NO4/c1-5(11)9(10-14)6-2-3-7(12)8(13)4-6/h2-4,9-10,12-14H,1H3. The number of rotatable bonds is 3. The second-order valence-electron chi connectivity index (χ2n) is 2.92. The number of aromatic hydroxyl groups is 2. The van der Waals surface area contributed by atoms with Crippen molar-refractivity contribution < 1.29 is 20.2 Å². The van der Waals surface area contributed by atoms with Crippen LogP contribution in [-0.2, 0) is 4.79 Å². The fourth-order valence-electron chi connectivity index (χ4n) is 1.12. The molecule has 0 aliphatic heterocycles. The molecule has 1 aromatic carbocycles. The Morgan fingerprint density at radius 1 is 1.36 bits per heavy atom. The molecule has 0 aliphatic rings. The van der Waals surface area contributed by atoms with Crippen molar-refractivity contribution in [2.45, 2.75) is 13.0 Å². The van der Waals surface area contributed by atoms with Gasteiger partial charge in [-0.15, -0.1) is 0 Å². The first-order valence-corrected chi connectivity index (χ1v) is 3.98. The topological polar surface area (TPSA) is 89.8 Å². The Morgan fingerprint density at radius 3 is 2.43 bits per heavy atom. The number of nitrogens with one attached hydrogen (secondary N) is 1. The smallest absolute Gasteiger partial charge is 0.157 e. The quantitative estimate of drug-likeness (QED) is 0.423. The molecule has 4 N–H and O–H groups in total. The molecule has 1 rings (SSSR count). The van der Waals surface area contributed by atoms with E-state index in [0.717, 1.165) is 0 Å². The first-order valence-electron chi connectivity index (χ1n) is 3.98. The summed E-state index contributed by atoms with van der Waals surface area (Å²) in [5.41, 5.74) is 2.21. The van der Waals surface area contributed by atoms with Gasteiger partial charge in [-0.1, -0.05) is 6.07 Å². The van der Waals surface area contributed by atoms with E-state index in [-0.39, 0.29) is 17.3 Å². The maximum atomic E-state index is 11.0. The molecule has 0 bridgehead atoms. The fourth-order valence-corrected chi connectivity index (χ4v) is 1.12. The number of hydrogen-bond donors (Lipinski definition) is 4. The molecular weight excluding hydrogens is 186 g/mol. The summed E-state index contributed by atoms with van der Waals surface area (Å²) in [6.07, 6.45) is 0. The first-order chi connectivity index (χ1) is 6.56. The fraction of sp³-hybridized carbons (Fsp3) is 0.222. The van der Waals surface area contributed by atoms with Crippen molar-refractivity contribution in [1.29, 1.82) is 0 Å². The summed E-state index contributed by atoms with van der Waals surface area (Å²) in [5, 5.41) is 26.9. The summed E-state index contributed by atoms with van der Waals surface area (Å²) < 4.78 is 0. The van der Waals surface area contributed by atoms with Crippen LogP contribution in [-0.4, -0.2) is 21.2 Å². The highest BCUT2D eigenvalue weighted by Gasteiger charge is 2.16. The summed E-state index contributed by atoms with van der Waals surface area (Å²) >= 11 is 0. The van der Waals surface area contributed by atoms with Crippen LogP contribution in [0, 0.1) is 0 Å². The van der Waals surface area contributed by atoms with Gasteiger partial charge in [0.2, 0.25) is 0 Å². The molecule has 0 radical (unpaired) electrons. The molecule has 1 unspecified atom stereocenters. The minimum absolute atomic E-state index is 0.269. The Labute approximate surface area is 80.6 Å². The van der Waals surface area contributed by atoms with Crippen LogP contribution < -0.4 is 5.48 Å². The van der Waals surface area contributed by atoms with Gasteiger partial charge in [0, 0.05) is 0 Å². The van der Waals surface area contributed by atoms with E-state index in [0.29, 0.717) is 5.56 Å². The highest BCUT2D eigenvalue weighted by atomic mass is 16.5. The Morgan fingerprint density at radius 2 is 2.00 bits per heavy atom. The molecule has 1 atom stereocenters. The van der Waals surface area contributed by atoms with Crippen molar-refractivity contribution in [3.05, 3.63) is 23.8 Å². The number of phenolic OH excluding ortho intramolecular Hbond substituents is 2. The minimum Gasteiger partial charge on any atom is -0.504 e. The average Bonchev–Trinajstić information content (AvgIpc) is 2.11.